The molecular weight excluding hydrogens is 272 g/mol. The third-order valence-corrected chi connectivity index (χ3v) is 4.21. The number of quaternary nitrogens is 2. The average molecular weight is 299 g/mol. The van der Waals surface area contributed by atoms with Crippen molar-refractivity contribution in [1.29, 1.82) is 0 Å². The van der Waals surface area contributed by atoms with E-state index in [-0.39, 0.29) is 0 Å². The van der Waals surface area contributed by atoms with Gasteiger partial charge in [-0.1, -0.05) is 11.6 Å². The molecule has 0 unspecified atom stereocenters. The third kappa shape index (κ3) is 5.31. The van der Waals surface area contributed by atoms with E-state index in [2.05, 4.69) is 5.32 Å². The highest BCUT2D eigenvalue weighted by atomic mass is 35.5. The topological polar surface area (TPSA) is 30.3 Å². The van der Waals surface area contributed by atoms with E-state index in [1.165, 1.54) is 45.6 Å². The number of halogens is 1. The second-order valence-corrected chi connectivity index (χ2v) is 6.12. The van der Waals surface area contributed by atoms with Crippen LogP contribution in [0, 0.1) is 6.92 Å². The largest absolute Gasteiger partial charge is 0.493 e. The van der Waals surface area contributed by atoms with Crippen molar-refractivity contribution >= 4 is 11.6 Å². The number of aryl methyl sites for hydroxylation is 1. The molecule has 1 fully saturated rings. The molecule has 1 aromatic rings. The maximum atomic E-state index is 5.93. The first-order chi connectivity index (χ1) is 9.75. The third-order valence-electron chi connectivity index (χ3n) is 3.97. The molecule has 1 aliphatic heterocycles. The van der Waals surface area contributed by atoms with Crippen molar-refractivity contribution in [1.82, 2.24) is 0 Å². The molecule has 1 saturated heterocycles. The minimum Gasteiger partial charge on any atom is -0.493 e. The zero-order valence-corrected chi connectivity index (χ0v) is 13.2. The van der Waals surface area contributed by atoms with E-state index in [1.807, 2.05) is 25.1 Å². The average Bonchev–Trinajstić information content (AvgIpc) is 2.46. The minimum atomic E-state index is 0.775. The molecule has 20 heavy (non-hydrogen) atoms. The summed E-state index contributed by atoms with van der Waals surface area (Å²) < 4.78 is 5.81. The van der Waals surface area contributed by atoms with E-state index in [0.29, 0.717) is 0 Å². The summed E-state index contributed by atoms with van der Waals surface area (Å²) in [5, 5.41) is 3.20. The molecule has 0 aliphatic carbocycles. The lowest BCUT2D eigenvalue weighted by atomic mass is 10.2. The van der Waals surface area contributed by atoms with Crippen LogP contribution in [0.15, 0.2) is 18.2 Å². The number of hydrogen-bond donors (Lipinski definition) is 2. The Hall–Kier alpha value is -0.770. The maximum Gasteiger partial charge on any atom is 0.127 e. The van der Waals surface area contributed by atoms with Crippen molar-refractivity contribution in [2.45, 2.75) is 26.2 Å². The molecule has 1 heterocycles. The van der Waals surface area contributed by atoms with Crippen LogP contribution in [0.3, 0.4) is 0 Å². The van der Waals surface area contributed by atoms with Crippen LogP contribution in [-0.2, 0) is 0 Å². The number of rotatable bonds is 7. The summed E-state index contributed by atoms with van der Waals surface area (Å²) in [5.74, 6) is 0.964. The molecule has 0 atom stereocenters. The van der Waals surface area contributed by atoms with Crippen LogP contribution in [0.25, 0.3) is 0 Å². The molecule has 0 saturated carbocycles. The van der Waals surface area contributed by atoms with E-state index in [0.717, 1.165) is 29.4 Å². The maximum absolute atomic E-state index is 5.93. The number of nitrogens with two attached hydrogens (primary N) is 1. The molecule has 0 amide bonds. The van der Waals surface area contributed by atoms with E-state index >= 15 is 0 Å². The molecule has 2 rings (SSSR count). The van der Waals surface area contributed by atoms with Crippen molar-refractivity contribution in [3.63, 3.8) is 0 Å². The summed E-state index contributed by atoms with van der Waals surface area (Å²) in [5.41, 5.74) is 1.12. The van der Waals surface area contributed by atoms with Gasteiger partial charge in [0, 0.05) is 5.02 Å². The van der Waals surface area contributed by atoms with Gasteiger partial charge in [0.25, 0.3) is 0 Å². The van der Waals surface area contributed by atoms with Gasteiger partial charge < -0.3 is 15.0 Å². The summed E-state index contributed by atoms with van der Waals surface area (Å²) in [6, 6.07) is 5.81. The Bertz CT molecular complexity index is 405. The van der Waals surface area contributed by atoms with Crippen LogP contribution in [0.2, 0.25) is 5.02 Å². The number of hydrogen-bond acceptors (Lipinski definition) is 1. The van der Waals surface area contributed by atoms with Crippen molar-refractivity contribution in [2.75, 3.05) is 39.3 Å². The minimum absolute atomic E-state index is 0.775. The van der Waals surface area contributed by atoms with Crippen LogP contribution in [0.1, 0.15) is 24.8 Å². The first-order valence-electron chi connectivity index (χ1n) is 7.80. The van der Waals surface area contributed by atoms with Gasteiger partial charge in [0.15, 0.2) is 0 Å². The quantitative estimate of drug-likeness (QED) is 0.712. The fourth-order valence-electron chi connectivity index (χ4n) is 2.74. The molecule has 112 valence electrons. The Morgan fingerprint density at radius 3 is 2.75 bits per heavy atom. The summed E-state index contributed by atoms with van der Waals surface area (Å²) in [6.45, 7) is 9.45. The van der Waals surface area contributed by atoms with Gasteiger partial charge in [-0.2, -0.15) is 0 Å². The number of unbranched alkanes of at least 4 members (excludes halogenated alkanes) is 2. The smallest absolute Gasteiger partial charge is 0.127 e. The van der Waals surface area contributed by atoms with E-state index in [4.69, 9.17) is 16.3 Å². The Kier molecular flexibility index (Phi) is 6.64. The van der Waals surface area contributed by atoms with Gasteiger partial charge in [-0.05, 0) is 49.9 Å². The highest BCUT2D eigenvalue weighted by Gasteiger charge is 2.14. The number of nitrogens with one attached hydrogen (secondary N) is 1. The Morgan fingerprint density at radius 1 is 1.20 bits per heavy atom. The molecule has 1 aromatic carbocycles. The second-order valence-electron chi connectivity index (χ2n) is 5.68. The molecule has 4 heteroatoms. The van der Waals surface area contributed by atoms with Crippen LogP contribution in [0.5, 0.6) is 5.75 Å². The molecule has 3 N–H and O–H groups in total. The van der Waals surface area contributed by atoms with Gasteiger partial charge in [0.05, 0.1) is 13.2 Å². The van der Waals surface area contributed by atoms with Crippen molar-refractivity contribution in [2.24, 2.45) is 0 Å². The van der Waals surface area contributed by atoms with Gasteiger partial charge in [-0.25, -0.2) is 0 Å². The summed E-state index contributed by atoms with van der Waals surface area (Å²) in [4.78, 5) is 1.78. The molecule has 0 spiro atoms. The Balaban J connectivity index is 1.55. The number of ether oxygens (including phenoxy) is 1. The first-order valence-corrected chi connectivity index (χ1v) is 8.17. The molecule has 0 aromatic heterocycles. The lowest BCUT2D eigenvalue weighted by Gasteiger charge is -2.21. The lowest BCUT2D eigenvalue weighted by Crippen LogP contribution is -3.20. The lowest BCUT2D eigenvalue weighted by molar-refractivity contribution is -0.946. The highest BCUT2D eigenvalue weighted by Crippen LogP contribution is 2.21. The zero-order valence-electron chi connectivity index (χ0n) is 12.5. The van der Waals surface area contributed by atoms with Crippen LogP contribution >= 0.6 is 11.6 Å². The monoisotopic (exact) mass is 298 g/mol. The van der Waals surface area contributed by atoms with Crippen LogP contribution in [-0.4, -0.2) is 39.3 Å². The van der Waals surface area contributed by atoms with Crippen LogP contribution < -0.4 is 15.0 Å². The fraction of sp³-hybridized carbons (Fsp3) is 0.625. The van der Waals surface area contributed by atoms with Gasteiger partial charge >= 0.3 is 0 Å². The molecule has 0 radical (unpaired) electrons. The first kappa shape index (κ1) is 15.6. The van der Waals surface area contributed by atoms with Gasteiger partial charge in [0.1, 0.15) is 31.9 Å². The van der Waals surface area contributed by atoms with Gasteiger partial charge in [-0.15, -0.1) is 0 Å². The SMILES string of the molecule is Cc1cc(Cl)ccc1OCCCCC[NH+]1CC[NH2+]CC1. The summed E-state index contributed by atoms with van der Waals surface area (Å²) >= 11 is 5.93. The van der Waals surface area contributed by atoms with Crippen molar-refractivity contribution in [3.05, 3.63) is 28.8 Å². The fourth-order valence-corrected chi connectivity index (χ4v) is 2.97. The molecule has 0 bridgehead atoms. The van der Waals surface area contributed by atoms with E-state index in [1.54, 1.807) is 4.90 Å². The predicted octanol–water partition coefficient (Wildman–Crippen LogP) is 0.659. The Morgan fingerprint density at radius 2 is 2.00 bits per heavy atom. The number of benzene rings is 1. The number of piperazine rings is 1. The summed E-state index contributed by atoms with van der Waals surface area (Å²) in [6.07, 6.45) is 3.72. The van der Waals surface area contributed by atoms with Crippen molar-refractivity contribution < 1.29 is 15.0 Å². The standard InChI is InChI=1S/C16H25ClN2O/c1-14-13-15(17)5-6-16(14)20-12-4-2-3-9-19-10-7-18-8-11-19/h5-6,13,18H,2-4,7-12H2,1H3/p+2. The predicted molar refractivity (Wildman–Crippen MR) is 82.8 cm³/mol. The van der Waals surface area contributed by atoms with Crippen molar-refractivity contribution in [3.8, 4) is 5.75 Å². The molecule has 3 nitrogen and oxygen atoms in total. The van der Waals surface area contributed by atoms with Crippen LogP contribution in [0.4, 0.5) is 0 Å². The summed E-state index contributed by atoms with van der Waals surface area (Å²) in [7, 11) is 0. The Labute approximate surface area is 127 Å². The normalized spacial score (nSPS) is 16.3. The van der Waals surface area contributed by atoms with Gasteiger partial charge in [-0.3, -0.25) is 0 Å². The zero-order chi connectivity index (χ0) is 14.2. The molecular formula is C16H27ClN2O+2. The highest BCUT2D eigenvalue weighted by molar-refractivity contribution is 6.30. The van der Waals surface area contributed by atoms with E-state index < -0.39 is 0 Å². The van der Waals surface area contributed by atoms with E-state index in [9.17, 15) is 0 Å². The van der Waals surface area contributed by atoms with Gasteiger partial charge in [0.2, 0.25) is 0 Å². The second kappa shape index (κ2) is 8.50. The molecule has 1 aliphatic rings.